The molecular formula is C13H21N3O2S. The quantitative estimate of drug-likeness (QED) is 0.750. The molecule has 0 saturated carbocycles. The van der Waals surface area contributed by atoms with E-state index >= 15 is 0 Å². The molecule has 2 atom stereocenters. The summed E-state index contributed by atoms with van der Waals surface area (Å²) in [5.74, 6) is 1.05. The number of thioether (sulfide) groups is 1. The lowest BCUT2D eigenvalue weighted by Gasteiger charge is -2.32. The maximum absolute atomic E-state index is 12.7. The first-order valence-corrected chi connectivity index (χ1v) is 8.06. The Labute approximate surface area is 118 Å². The summed E-state index contributed by atoms with van der Waals surface area (Å²) in [6.45, 7) is 5.50. The van der Waals surface area contributed by atoms with Gasteiger partial charge in [-0.05, 0) is 26.3 Å². The minimum atomic E-state index is -0.233. The molecule has 6 heteroatoms. The minimum absolute atomic E-state index is 0.137. The molecule has 0 spiro atoms. The van der Waals surface area contributed by atoms with Crippen LogP contribution in [-0.4, -0.2) is 64.5 Å². The van der Waals surface area contributed by atoms with Gasteiger partial charge in [-0.1, -0.05) is 0 Å². The van der Waals surface area contributed by atoms with Gasteiger partial charge in [0.15, 0.2) is 0 Å². The largest absolute Gasteiger partial charge is 0.340 e. The zero-order valence-electron chi connectivity index (χ0n) is 11.4. The molecule has 3 aliphatic heterocycles. The van der Waals surface area contributed by atoms with E-state index in [1.54, 1.807) is 11.8 Å². The van der Waals surface area contributed by atoms with Gasteiger partial charge in [0.05, 0.1) is 4.87 Å². The van der Waals surface area contributed by atoms with E-state index in [0.29, 0.717) is 6.42 Å². The van der Waals surface area contributed by atoms with E-state index in [-0.39, 0.29) is 22.7 Å². The summed E-state index contributed by atoms with van der Waals surface area (Å²) in [5, 5.41) is 3.31. The van der Waals surface area contributed by atoms with Crippen LogP contribution in [0, 0.1) is 0 Å². The lowest BCUT2D eigenvalue weighted by atomic mass is 10.2. The Hall–Kier alpha value is -0.750. The fourth-order valence-electron chi connectivity index (χ4n) is 3.28. The van der Waals surface area contributed by atoms with Crippen LogP contribution in [0.25, 0.3) is 0 Å². The number of carbonyl (C=O) groups excluding carboxylic acids is 2. The molecule has 3 saturated heterocycles. The molecular weight excluding hydrogens is 262 g/mol. The molecule has 3 fully saturated rings. The van der Waals surface area contributed by atoms with Crippen LogP contribution in [0.5, 0.6) is 0 Å². The van der Waals surface area contributed by atoms with E-state index in [1.165, 1.54) is 0 Å². The van der Waals surface area contributed by atoms with Gasteiger partial charge in [-0.25, -0.2) is 0 Å². The highest BCUT2D eigenvalue weighted by Gasteiger charge is 2.53. The third kappa shape index (κ3) is 2.25. The highest BCUT2D eigenvalue weighted by molar-refractivity contribution is 8.01. The Balaban J connectivity index is 1.75. The molecule has 2 unspecified atom stereocenters. The van der Waals surface area contributed by atoms with Crippen LogP contribution in [0.1, 0.15) is 26.2 Å². The molecule has 3 heterocycles. The van der Waals surface area contributed by atoms with Crippen molar-refractivity contribution in [2.24, 2.45) is 0 Å². The van der Waals surface area contributed by atoms with E-state index in [4.69, 9.17) is 0 Å². The number of fused-ring (bicyclic) bond motifs is 1. The summed E-state index contributed by atoms with van der Waals surface area (Å²) in [4.78, 5) is 28.4. The first-order valence-electron chi connectivity index (χ1n) is 7.07. The SMILES string of the molecule is CC12CCC(=O)N1C(C(=O)N1CCCNCC1)CS2. The van der Waals surface area contributed by atoms with Gasteiger partial charge in [0, 0.05) is 31.8 Å². The van der Waals surface area contributed by atoms with Crippen LogP contribution in [0.2, 0.25) is 0 Å². The molecule has 2 amide bonds. The van der Waals surface area contributed by atoms with Gasteiger partial charge >= 0.3 is 0 Å². The van der Waals surface area contributed by atoms with Crippen LogP contribution in [0.4, 0.5) is 0 Å². The standard InChI is InChI=1S/C13H21N3O2S/c1-13-4-3-11(17)16(13)10(9-19-13)12(18)15-7-2-5-14-6-8-15/h10,14H,2-9H2,1H3. The Bertz CT molecular complexity index is 395. The topological polar surface area (TPSA) is 52.7 Å². The third-order valence-corrected chi connectivity index (χ3v) is 5.89. The van der Waals surface area contributed by atoms with Crippen molar-refractivity contribution in [1.29, 1.82) is 0 Å². The lowest BCUT2D eigenvalue weighted by Crippen LogP contribution is -2.52. The maximum Gasteiger partial charge on any atom is 0.246 e. The summed E-state index contributed by atoms with van der Waals surface area (Å²) in [6, 6.07) is -0.233. The summed E-state index contributed by atoms with van der Waals surface area (Å²) < 4.78 is 0. The molecule has 0 aromatic heterocycles. The molecule has 5 nitrogen and oxygen atoms in total. The van der Waals surface area contributed by atoms with Crippen LogP contribution in [0.15, 0.2) is 0 Å². The Morgan fingerprint density at radius 2 is 2.26 bits per heavy atom. The van der Waals surface area contributed by atoms with Gasteiger partial charge in [0.25, 0.3) is 0 Å². The molecule has 3 rings (SSSR count). The average Bonchev–Trinajstić information content (AvgIpc) is 2.74. The smallest absolute Gasteiger partial charge is 0.246 e. The van der Waals surface area contributed by atoms with Gasteiger partial charge in [0.2, 0.25) is 11.8 Å². The van der Waals surface area contributed by atoms with Gasteiger partial charge in [0.1, 0.15) is 6.04 Å². The second-order valence-electron chi connectivity index (χ2n) is 5.69. The highest BCUT2D eigenvalue weighted by Crippen LogP contribution is 2.47. The van der Waals surface area contributed by atoms with Crippen LogP contribution in [-0.2, 0) is 9.59 Å². The molecule has 0 aliphatic carbocycles. The summed E-state index contributed by atoms with van der Waals surface area (Å²) >= 11 is 1.77. The van der Waals surface area contributed by atoms with Gasteiger partial charge in [-0.3, -0.25) is 9.59 Å². The molecule has 3 aliphatic rings. The minimum Gasteiger partial charge on any atom is -0.340 e. The van der Waals surface area contributed by atoms with Crippen molar-refractivity contribution >= 4 is 23.6 Å². The zero-order chi connectivity index (χ0) is 13.5. The maximum atomic E-state index is 12.7. The van der Waals surface area contributed by atoms with Crippen molar-refractivity contribution in [3.05, 3.63) is 0 Å². The molecule has 0 bridgehead atoms. The number of carbonyl (C=O) groups is 2. The van der Waals surface area contributed by atoms with E-state index in [9.17, 15) is 9.59 Å². The number of amides is 2. The van der Waals surface area contributed by atoms with Crippen molar-refractivity contribution in [1.82, 2.24) is 15.1 Å². The highest BCUT2D eigenvalue weighted by atomic mass is 32.2. The number of nitrogens with zero attached hydrogens (tertiary/aromatic N) is 2. The fourth-order valence-corrected chi connectivity index (χ4v) is 4.70. The predicted octanol–water partition coefficient (Wildman–Crippen LogP) is 0.262. The monoisotopic (exact) mass is 283 g/mol. The first kappa shape index (κ1) is 13.2. The number of hydrogen-bond acceptors (Lipinski definition) is 4. The molecule has 106 valence electrons. The van der Waals surface area contributed by atoms with E-state index < -0.39 is 0 Å². The van der Waals surface area contributed by atoms with Crippen LogP contribution < -0.4 is 5.32 Å². The summed E-state index contributed by atoms with van der Waals surface area (Å²) in [7, 11) is 0. The van der Waals surface area contributed by atoms with E-state index in [1.807, 2.05) is 9.80 Å². The predicted molar refractivity (Wildman–Crippen MR) is 74.8 cm³/mol. The van der Waals surface area contributed by atoms with Crippen molar-refractivity contribution in [3.8, 4) is 0 Å². The normalized spacial score (nSPS) is 35.4. The fraction of sp³-hybridized carbons (Fsp3) is 0.846. The van der Waals surface area contributed by atoms with E-state index in [0.717, 1.165) is 44.8 Å². The zero-order valence-corrected chi connectivity index (χ0v) is 12.2. The number of rotatable bonds is 1. The molecule has 19 heavy (non-hydrogen) atoms. The second kappa shape index (κ2) is 4.98. The van der Waals surface area contributed by atoms with Crippen molar-refractivity contribution in [2.75, 3.05) is 31.9 Å². The van der Waals surface area contributed by atoms with Gasteiger partial charge in [-0.2, -0.15) is 0 Å². The summed E-state index contributed by atoms with van der Waals surface area (Å²) in [6.07, 6.45) is 2.47. The van der Waals surface area contributed by atoms with Crippen molar-refractivity contribution in [3.63, 3.8) is 0 Å². The van der Waals surface area contributed by atoms with E-state index in [2.05, 4.69) is 12.2 Å². The Kier molecular flexibility index (Phi) is 3.47. The summed E-state index contributed by atoms with van der Waals surface area (Å²) in [5.41, 5.74) is 0. The van der Waals surface area contributed by atoms with Gasteiger partial charge < -0.3 is 15.1 Å². The van der Waals surface area contributed by atoms with Crippen molar-refractivity contribution in [2.45, 2.75) is 37.1 Å². The Morgan fingerprint density at radius 3 is 3.11 bits per heavy atom. The molecule has 0 aromatic rings. The average molecular weight is 283 g/mol. The molecule has 0 aromatic carbocycles. The number of hydrogen-bond donors (Lipinski definition) is 1. The van der Waals surface area contributed by atoms with Crippen molar-refractivity contribution < 1.29 is 9.59 Å². The lowest BCUT2D eigenvalue weighted by molar-refractivity contribution is -0.143. The molecule has 0 radical (unpaired) electrons. The Morgan fingerprint density at radius 1 is 1.42 bits per heavy atom. The second-order valence-corrected chi connectivity index (χ2v) is 7.20. The first-order chi connectivity index (χ1) is 9.12. The third-order valence-electron chi connectivity index (χ3n) is 4.38. The molecule has 1 N–H and O–H groups in total. The van der Waals surface area contributed by atoms with Crippen LogP contribution in [0.3, 0.4) is 0 Å². The number of nitrogens with one attached hydrogen (secondary N) is 1. The van der Waals surface area contributed by atoms with Gasteiger partial charge in [-0.15, -0.1) is 11.8 Å². The van der Waals surface area contributed by atoms with Crippen LogP contribution >= 0.6 is 11.8 Å².